The van der Waals surface area contributed by atoms with E-state index in [9.17, 15) is 14.4 Å². The molecule has 0 spiro atoms. The molecule has 0 radical (unpaired) electrons. The van der Waals surface area contributed by atoms with E-state index in [4.69, 9.17) is 16.3 Å². The van der Waals surface area contributed by atoms with Gasteiger partial charge in [0.1, 0.15) is 5.75 Å². The van der Waals surface area contributed by atoms with Crippen molar-refractivity contribution < 1.29 is 19.1 Å². The second-order valence-corrected chi connectivity index (χ2v) is 9.35. The van der Waals surface area contributed by atoms with E-state index >= 15 is 0 Å². The Morgan fingerprint density at radius 3 is 2.46 bits per heavy atom. The summed E-state index contributed by atoms with van der Waals surface area (Å²) in [6.45, 7) is 0.200. The maximum Gasteiger partial charge on any atom is 0.343 e. The van der Waals surface area contributed by atoms with Gasteiger partial charge in [-0.05, 0) is 82.2 Å². The summed E-state index contributed by atoms with van der Waals surface area (Å²) in [7, 11) is 0. The lowest BCUT2D eigenvalue weighted by atomic mass is 10.1. The van der Waals surface area contributed by atoms with Crippen LogP contribution in [0, 0.1) is 0 Å². The Bertz CT molecular complexity index is 1500. The predicted octanol–water partition coefficient (Wildman–Crippen LogP) is 6.95. The van der Waals surface area contributed by atoms with Crippen molar-refractivity contribution in [2.45, 2.75) is 6.54 Å². The molecule has 0 aliphatic carbocycles. The number of amides is 2. The maximum atomic E-state index is 13.0. The summed E-state index contributed by atoms with van der Waals surface area (Å²) in [5.74, 6) is -0.541. The van der Waals surface area contributed by atoms with Gasteiger partial charge in [-0.15, -0.1) is 0 Å². The van der Waals surface area contributed by atoms with E-state index in [1.165, 1.54) is 4.90 Å². The van der Waals surface area contributed by atoms with Crippen molar-refractivity contribution in [2.75, 3.05) is 0 Å². The molecule has 0 saturated carbocycles. The fraction of sp³-hybridized carbons (Fsp3) is 0.0357. The monoisotopic (exact) mass is 499 g/mol. The zero-order valence-corrected chi connectivity index (χ0v) is 19.9. The minimum absolute atomic E-state index is 0.200. The maximum absolute atomic E-state index is 13.0. The smallest absolute Gasteiger partial charge is 0.343 e. The van der Waals surface area contributed by atoms with Gasteiger partial charge in [0.05, 0.1) is 17.0 Å². The first-order chi connectivity index (χ1) is 17.0. The SMILES string of the molecule is O=C(Oc1cccc(/C=C2\SC(=O)N(Cc3ccc4ccccc4c3)C2=O)c1)c1ccc(Cl)cc1. The standard InChI is InChI=1S/C28H18ClNO4S/c29-23-12-10-21(11-13-23)27(32)34-24-7-3-4-18(15-24)16-25-26(31)30(28(33)35-25)17-19-8-9-20-5-1-2-6-22(20)14-19/h1-16H,17H2/b25-16-. The summed E-state index contributed by atoms with van der Waals surface area (Å²) in [6.07, 6.45) is 1.63. The Balaban J connectivity index is 1.31. The number of carbonyl (C=O) groups is 3. The number of hydrogen-bond donors (Lipinski definition) is 0. The van der Waals surface area contributed by atoms with Crippen LogP contribution in [0.5, 0.6) is 5.75 Å². The Hall–Kier alpha value is -3.87. The molecular formula is C28H18ClNO4S. The Morgan fingerprint density at radius 1 is 0.886 bits per heavy atom. The van der Waals surface area contributed by atoms with Gasteiger partial charge in [-0.1, -0.05) is 60.1 Å². The summed E-state index contributed by atoms with van der Waals surface area (Å²) in [4.78, 5) is 39.5. The summed E-state index contributed by atoms with van der Waals surface area (Å²) in [5.41, 5.74) is 1.89. The van der Waals surface area contributed by atoms with Crippen LogP contribution < -0.4 is 4.74 Å². The first-order valence-corrected chi connectivity index (χ1v) is 12.0. The summed E-state index contributed by atoms with van der Waals surface area (Å²) in [5, 5.41) is 2.36. The highest BCUT2D eigenvalue weighted by atomic mass is 35.5. The molecule has 0 atom stereocenters. The molecule has 1 heterocycles. The van der Waals surface area contributed by atoms with E-state index in [-0.39, 0.29) is 17.7 Å². The molecule has 0 bridgehead atoms. The van der Waals surface area contributed by atoms with Gasteiger partial charge in [0, 0.05) is 5.02 Å². The summed E-state index contributed by atoms with van der Waals surface area (Å²) in [6, 6.07) is 27.0. The normalized spacial score (nSPS) is 14.7. The number of thioether (sulfide) groups is 1. The van der Waals surface area contributed by atoms with E-state index in [0.717, 1.165) is 28.1 Å². The van der Waals surface area contributed by atoms with Crippen molar-refractivity contribution in [3.8, 4) is 5.75 Å². The van der Waals surface area contributed by atoms with E-state index < -0.39 is 5.97 Å². The summed E-state index contributed by atoms with van der Waals surface area (Å²) >= 11 is 6.76. The van der Waals surface area contributed by atoms with Crippen molar-refractivity contribution in [1.82, 2.24) is 4.90 Å². The number of hydrogen-bond acceptors (Lipinski definition) is 5. The second kappa shape index (κ2) is 9.78. The number of imide groups is 1. The number of benzene rings is 4. The molecule has 5 nitrogen and oxygen atoms in total. The average molecular weight is 500 g/mol. The Kier molecular flexibility index (Phi) is 6.40. The molecule has 1 saturated heterocycles. The van der Waals surface area contributed by atoms with Gasteiger partial charge in [-0.2, -0.15) is 0 Å². The van der Waals surface area contributed by atoms with Crippen molar-refractivity contribution in [1.29, 1.82) is 0 Å². The van der Waals surface area contributed by atoms with Crippen molar-refractivity contribution in [3.63, 3.8) is 0 Å². The molecular weight excluding hydrogens is 482 g/mol. The predicted molar refractivity (Wildman–Crippen MR) is 138 cm³/mol. The van der Waals surface area contributed by atoms with Gasteiger partial charge in [0.25, 0.3) is 11.1 Å². The zero-order chi connectivity index (χ0) is 24.4. The van der Waals surface area contributed by atoms with Crippen molar-refractivity contribution in [3.05, 3.63) is 118 Å². The molecule has 1 aliphatic heterocycles. The number of esters is 1. The van der Waals surface area contributed by atoms with Gasteiger partial charge in [0.2, 0.25) is 0 Å². The van der Waals surface area contributed by atoms with Crippen LogP contribution in [0.3, 0.4) is 0 Å². The molecule has 2 amide bonds. The molecule has 35 heavy (non-hydrogen) atoms. The number of ether oxygens (including phenoxy) is 1. The molecule has 0 N–H and O–H groups in total. The molecule has 4 aromatic rings. The van der Waals surface area contributed by atoms with Gasteiger partial charge < -0.3 is 4.74 Å². The van der Waals surface area contributed by atoms with Crippen LogP contribution >= 0.6 is 23.4 Å². The first kappa shape index (κ1) is 22.9. The molecule has 1 aliphatic rings. The molecule has 0 unspecified atom stereocenters. The highest BCUT2D eigenvalue weighted by molar-refractivity contribution is 8.18. The van der Waals surface area contributed by atoms with Crippen LogP contribution in [0.25, 0.3) is 16.8 Å². The number of fused-ring (bicyclic) bond motifs is 1. The van der Waals surface area contributed by atoms with Crippen LogP contribution in [0.1, 0.15) is 21.5 Å². The molecule has 7 heteroatoms. The number of rotatable bonds is 5. The highest BCUT2D eigenvalue weighted by Gasteiger charge is 2.35. The Labute approximate surface area is 211 Å². The number of carbonyl (C=O) groups excluding carboxylic acids is 3. The quantitative estimate of drug-likeness (QED) is 0.169. The van der Waals surface area contributed by atoms with E-state index in [1.807, 2.05) is 42.5 Å². The summed E-state index contributed by atoms with van der Waals surface area (Å²) < 4.78 is 5.45. The largest absolute Gasteiger partial charge is 0.423 e. The van der Waals surface area contributed by atoms with E-state index in [1.54, 1.807) is 54.6 Å². The minimum atomic E-state index is -0.519. The Morgan fingerprint density at radius 2 is 1.66 bits per heavy atom. The fourth-order valence-corrected chi connectivity index (χ4v) is 4.69. The van der Waals surface area contributed by atoms with Crippen LogP contribution in [-0.2, 0) is 11.3 Å². The van der Waals surface area contributed by atoms with Gasteiger partial charge in [-0.3, -0.25) is 14.5 Å². The minimum Gasteiger partial charge on any atom is -0.423 e. The second-order valence-electron chi connectivity index (χ2n) is 7.92. The lowest BCUT2D eigenvalue weighted by molar-refractivity contribution is -0.123. The van der Waals surface area contributed by atoms with Crippen LogP contribution in [0.4, 0.5) is 4.79 Å². The van der Waals surface area contributed by atoms with E-state index in [2.05, 4.69) is 0 Å². The lowest BCUT2D eigenvalue weighted by Crippen LogP contribution is -2.27. The van der Waals surface area contributed by atoms with Gasteiger partial charge in [0.15, 0.2) is 0 Å². The molecule has 0 aromatic heterocycles. The number of halogens is 1. The first-order valence-electron chi connectivity index (χ1n) is 10.8. The van der Waals surface area contributed by atoms with Crippen LogP contribution in [0.2, 0.25) is 5.02 Å². The van der Waals surface area contributed by atoms with Gasteiger partial charge in [-0.25, -0.2) is 4.79 Å². The zero-order valence-electron chi connectivity index (χ0n) is 18.3. The third-order valence-corrected chi connectivity index (χ3v) is 6.63. The highest BCUT2D eigenvalue weighted by Crippen LogP contribution is 2.34. The topological polar surface area (TPSA) is 63.7 Å². The number of nitrogens with zero attached hydrogens (tertiary/aromatic N) is 1. The molecule has 4 aromatic carbocycles. The van der Waals surface area contributed by atoms with E-state index in [0.29, 0.717) is 26.8 Å². The van der Waals surface area contributed by atoms with Crippen molar-refractivity contribution in [2.24, 2.45) is 0 Å². The van der Waals surface area contributed by atoms with Crippen LogP contribution in [-0.4, -0.2) is 22.0 Å². The van der Waals surface area contributed by atoms with Crippen molar-refractivity contribution >= 4 is 57.3 Å². The third kappa shape index (κ3) is 5.14. The van der Waals surface area contributed by atoms with Crippen LogP contribution in [0.15, 0.2) is 95.9 Å². The van der Waals surface area contributed by atoms with Gasteiger partial charge >= 0.3 is 5.97 Å². The molecule has 172 valence electrons. The average Bonchev–Trinajstić information content (AvgIpc) is 3.12. The lowest BCUT2D eigenvalue weighted by Gasteiger charge is -2.13. The third-order valence-electron chi connectivity index (χ3n) is 5.47. The molecule has 1 fully saturated rings. The fourth-order valence-electron chi connectivity index (χ4n) is 3.73. The molecule has 5 rings (SSSR count).